The van der Waals surface area contributed by atoms with Crippen LogP contribution in [-0.4, -0.2) is 47.8 Å². The molecule has 1 amide bonds. The standard InChI is InChI=1S/C19H28N4O.HI/c20-19(23-13-5-2-6-14-23)21-15-16-7-9-17(10-8-16)18(24)22-11-3-1-4-12-22;/h7-10H,1-6,11-15H2,(H2,20,21);1H. The van der Waals surface area contributed by atoms with Crippen LogP contribution in [0.5, 0.6) is 0 Å². The lowest BCUT2D eigenvalue weighted by Crippen LogP contribution is -2.40. The van der Waals surface area contributed by atoms with Gasteiger partial charge in [0.15, 0.2) is 5.96 Å². The van der Waals surface area contributed by atoms with Crippen LogP contribution in [0, 0.1) is 0 Å². The Morgan fingerprint density at radius 1 is 0.880 bits per heavy atom. The van der Waals surface area contributed by atoms with Crippen LogP contribution in [0.25, 0.3) is 0 Å². The smallest absolute Gasteiger partial charge is 0.253 e. The van der Waals surface area contributed by atoms with Crippen molar-refractivity contribution >= 4 is 35.8 Å². The lowest BCUT2D eigenvalue weighted by Gasteiger charge is -2.27. The molecule has 0 aliphatic carbocycles. The molecule has 0 radical (unpaired) electrons. The summed E-state index contributed by atoms with van der Waals surface area (Å²) in [5.74, 6) is 0.792. The number of guanidine groups is 1. The van der Waals surface area contributed by atoms with E-state index in [2.05, 4.69) is 9.89 Å². The number of likely N-dealkylation sites (tertiary alicyclic amines) is 2. The summed E-state index contributed by atoms with van der Waals surface area (Å²) >= 11 is 0. The molecule has 0 saturated carbocycles. The molecule has 1 aromatic rings. The van der Waals surface area contributed by atoms with Crippen LogP contribution >= 0.6 is 24.0 Å². The number of carbonyl (C=O) groups excluding carboxylic acids is 1. The maximum atomic E-state index is 12.5. The van der Waals surface area contributed by atoms with E-state index in [4.69, 9.17) is 5.73 Å². The highest BCUT2D eigenvalue weighted by molar-refractivity contribution is 14.0. The van der Waals surface area contributed by atoms with Crippen molar-refractivity contribution in [3.8, 4) is 0 Å². The van der Waals surface area contributed by atoms with Gasteiger partial charge in [0.25, 0.3) is 5.91 Å². The van der Waals surface area contributed by atoms with Gasteiger partial charge in [0.05, 0.1) is 6.54 Å². The Balaban J connectivity index is 0.00000225. The lowest BCUT2D eigenvalue weighted by molar-refractivity contribution is 0.0724. The van der Waals surface area contributed by atoms with Gasteiger partial charge in [-0.15, -0.1) is 24.0 Å². The Morgan fingerprint density at radius 3 is 1.96 bits per heavy atom. The van der Waals surface area contributed by atoms with Gasteiger partial charge in [-0.2, -0.15) is 0 Å². The number of hydrogen-bond acceptors (Lipinski definition) is 2. The summed E-state index contributed by atoms with van der Waals surface area (Å²) in [6, 6.07) is 7.81. The molecule has 0 aromatic heterocycles. The zero-order valence-corrected chi connectivity index (χ0v) is 17.2. The fourth-order valence-corrected chi connectivity index (χ4v) is 3.43. The summed E-state index contributed by atoms with van der Waals surface area (Å²) in [4.78, 5) is 21.1. The van der Waals surface area contributed by atoms with E-state index < -0.39 is 0 Å². The number of piperidine rings is 2. The molecule has 2 fully saturated rings. The molecule has 2 aliphatic rings. The second-order valence-electron chi connectivity index (χ2n) is 6.77. The van der Waals surface area contributed by atoms with Crippen molar-refractivity contribution in [1.29, 1.82) is 0 Å². The number of aliphatic imine (C=N–C) groups is 1. The number of rotatable bonds is 3. The highest BCUT2D eigenvalue weighted by Crippen LogP contribution is 2.14. The summed E-state index contributed by atoms with van der Waals surface area (Å²) in [7, 11) is 0. The molecular weight excluding hydrogens is 427 g/mol. The zero-order chi connectivity index (χ0) is 16.8. The minimum absolute atomic E-state index is 0. The Hall–Kier alpha value is -1.31. The van der Waals surface area contributed by atoms with E-state index >= 15 is 0 Å². The quantitative estimate of drug-likeness (QED) is 0.432. The number of benzene rings is 1. The Morgan fingerprint density at radius 2 is 1.40 bits per heavy atom. The van der Waals surface area contributed by atoms with Gasteiger partial charge in [-0.1, -0.05) is 12.1 Å². The SMILES string of the molecule is I.NC(=NCc1ccc(C(=O)N2CCCCC2)cc1)N1CCCCC1. The molecule has 1 aromatic carbocycles. The molecule has 0 unspecified atom stereocenters. The van der Waals surface area contributed by atoms with Crippen LogP contribution in [0.3, 0.4) is 0 Å². The van der Waals surface area contributed by atoms with Crippen molar-refractivity contribution in [2.75, 3.05) is 26.2 Å². The first-order valence-corrected chi connectivity index (χ1v) is 9.17. The number of nitrogens with zero attached hydrogens (tertiary/aromatic N) is 3. The third kappa shape index (κ3) is 5.59. The van der Waals surface area contributed by atoms with E-state index in [-0.39, 0.29) is 29.9 Å². The normalized spacial score (nSPS) is 18.6. The topological polar surface area (TPSA) is 61.9 Å². The Labute approximate surface area is 167 Å². The van der Waals surface area contributed by atoms with Crippen molar-refractivity contribution in [2.45, 2.75) is 45.1 Å². The minimum Gasteiger partial charge on any atom is -0.370 e. The van der Waals surface area contributed by atoms with Crippen LogP contribution in [-0.2, 0) is 6.54 Å². The Bertz CT molecular complexity index is 576. The maximum absolute atomic E-state index is 12.5. The first kappa shape index (κ1) is 20.0. The minimum atomic E-state index is 0. The molecule has 0 spiro atoms. The molecular formula is C19H29IN4O. The molecule has 138 valence electrons. The summed E-state index contributed by atoms with van der Waals surface area (Å²) in [6.45, 7) is 4.37. The van der Waals surface area contributed by atoms with E-state index in [1.165, 1.54) is 25.7 Å². The fourth-order valence-electron chi connectivity index (χ4n) is 3.43. The predicted molar refractivity (Wildman–Crippen MR) is 112 cm³/mol. The van der Waals surface area contributed by atoms with E-state index in [1.807, 2.05) is 29.2 Å². The predicted octanol–water partition coefficient (Wildman–Crippen LogP) is 3.23. The lowest BCUT2D eigenvalue weighted by atomic mass is 10.1. The molecule has 6 heteroatoms. The van der Waals surface area contributed by atoms with Gasteiger partial charge in [-0.05, 0) is 56.2 Å². The first-order valence-electron chi connectivity index (χ1n) is 9.17. The van der Waals surface area contributed by atoms with Crippen LogP contribution in [0.1, 0.15) is 54.4 Å². The molecule has 0 atom stereocenters. The summed E-state index contributed by atoms with van der Waals surface area (Å²) in [5.41, 5.74) is 7.95. The molecule has 25 heavy (non-hydrogen) atoms. The number of halogens is 1. The van der Waals surface area contributed by atoms with E-state index in [1.54, 1.807) is 0 Å². The third-order valence-electron chi connectivity index (χ3n) is 4.95. The largest absolute Gasteiger partial charge is 0.370 e. The van der Waals surface area contributed by atoms with Crippen molar-refractivity contribution in [1.82, 2.24) is 9.80 Å². The second-order valence-corrected chi connectivity index (χ2v) is 6.77. The molecule has 5 nitrogen and oxygen atoms in total. The fraction of sp³-hybridized carbons (Fsp3) is 0.579. The average molecular weight is 456 g/mol. The number of amides is 1. The molecule has 3 rings (SSSR count). The summed E-state index contributed by atoms with van der Waals surface area (Å²) in [6.07, 6.45) is 7.16. The summed E-state index contributed by atoms with van der Waals surface area (Å²) in [5, 5.41) is 0. The van der Waals surface area contributed by atoms with Crippen molar-refractivity contribution in [3.63, 3.8) is 0 Å². The van der Waals surface area contributed by atoms with Crippen LogP contribution in [0.4, 0.5) is 0 Å². The maximum Gasteiger partial charge on any atom is 0.253 e. The van der Waals surface area contributed by atoms with Crippen LogP contribution in [0.15, 0.2) is 29.3 Å². The first-order chi connectivity index (χ1) is 11.7. The highest BCUT2D eigenvalue weighted by Gasteiger charge is 2.17. The van der Waals surface area contributed by atoms with Crippen LogP contribution < -0.4 is 5.73 Å². The number of carbonyl (C=O) groups is 1. The second kappa shape index (κ2) is 9.99. The molecule has 2 N–H and O–H groups in total. The highest BCUT2D eigenvalue weighted by atomic mass is 127. The number of nitrogens with two attached hydrogens (primary N) is 1. The van der Waals surface area contributed by atoms with E-state index in [9.17, 15) is 4.79 Å². The number of hydrogen-bond donors (Lipinski definition) is 1. The van der Waals surface area contributed by atoms with Gasteiger partial charge < -0.3 is 15.5 Å². The van der Waals surface area contributed by atoms with Gasteiger partial charge in [0.2, 0.25) is 0 Å². The van der Waals surface area contributed by atoms with Gasteiger partial charge in [0, 0.05) is 31.7 Å². The van der Waals surface area contributed by atoms with Gasteiger partial charge in [0.1, 0.15) is 0 Å². The van der Waals surface area contributed by atoms with Gasteiger partial charge in [-0.25, -0.2) is 4.99 Å². The van der Waals surface area contributed by atoms with Gasteiger partial charge in [-0.3, -0.25) is 4.79 Å². The molecule has 2 saturated heterocycles. The third-order valence-corrected chi connectivity index (χ3v) is 4.95. The van der Waals surface area contributed by atoms with E-state index in [0.717, 1.165) is 50.1 Å². The summed E-state index contributed by atoms with van der Waals surface area (Å²) < 4.78 is 0. The van der Waals surface area contributed by atoms with Crippen molar-refractivity contribution < 1.29 is 4.79 Å². The zero-order valence-electron chi connectivity index (χ0n) is 14.8. The molecule has 2 aliphatic heterocycles. The monoisotopic (exact) mass is 456 g/mol. The van der Waals surface area contributed by atoms with Gasteiger partial charge >= 0.3 is 0 Å². The average Bonchev–Trinajstić information content (AvgIpc) is 2.67. The van der Waals surface area contributed by atoms with Crippen molar-refractivity contribution in [3.05, 3.63) is 35.4 Å². The molecule has 2 heterocycles. The Kier molecular flexibility index (Phi) is 7.99. The van der Waals surface area contributed by atoms with Crippen LogP contribution in [0.2, 0.25) is 0 Å². The van der Waals surface area contributed by atoms with E-state index in [0.29, 0.717) is 12.5 Å². The molecule has 0 bridgehead atoms. The van der Waals surface area contributed by atoms with Crippen molar-refractivity contribution in [2.24, 2.45) is 10.7 Å².